The lowest BCUT2D eigenvalue weighted by atomic mass is 9.92. The molecular weight excluding hydrogens is 619 g/mol. The van der Waals surface area contributed by atoms with E-state index in [0.717, 1.165) is 5.56 Å². The summed E-state index contributed by atoms with van der Waals surface area (Å²) in [5, 5.41) is 33.0. The molecule has 0 unspecified atom stereocenters. The first-order valence-electron chi connectivity index (χ1n) is 15.6. The highest BCUT2D eigenvalue weighted by Crippen LogP contribution is 2.42. The molecular formula is C37H41FN2O8. The van der Waals surface area contributed by atoms with E-state index >= 15 is 0 Å². The van der Waals surface area contributed by atoms with Crippen molar-refractivity contribution in [2.24, 2.45) is 0 Å². The average Bonchev–Trinajstić information content (AvgIpc) is 3.41. The van der Waals surface area contributed by atoms with Gasteiger partial charge in [-0.3, -0.25) is 9.59 Å². The zero-order valence-electron chi connectivity index (χ0n) is 27.4. The summed E-state index contributed by atoms with van der Waals surface area (Å²) in [4.78, 5) is 37.7. The highest BCUT2D eigenvalue weighted by atomic mass is 19.1. The number of nitrogens with one attached hydrogen (secondary N) is 1. The van der Waals surface area contributed by atoms with Gasteiger partial charge in [-0.15, -0.1) is 0 Å². The number of hydrogen-bond acceptors (Lipinski definition) is 7. The fourth-order valence-corrected chi connectivity index (χ4v) is 5.91. The minimum Gasteiger partial charge on any atom is -0.496 e. The van der Waals surface area contributed by atoms with Gasteiger partial charge in [0.1, 0.15) is 22.8 Å². The van der Waals surface area contributed by atoms with Gasteiger partial charge in [0.25, 0.3) is 5.91 Å². The second-order valence-corrected chi connectivity index (χ2v) is 11.8. The fourth-order valence-electron chi connectivity index (χ4n) is 5.91. The van der Waals surface area contributed by atoms with E-state index in [4.69, 9.17) is 14.6 Å². The minimum absolute atomic E-state index is 0.0751. The number of carboxylic acids is 1. The van der Waals surface area contributed by atoms with Crippen LogP contribution in [0.2, 0.25) is 0 Å². The van der Waals surface area contributed by atoms with Crippen LogP contribution in [0.1, 0.15) is 71.3 Å². The quantitative estimate of drug-likeness (QED) is 0.117. The first-order valence-corrected chi connectivity index (χ1v) is 15.6. The summed E-state index contributed by atoms with van der Waals surface area (Å²) in [6.45, 7) is 3.94. The van der Waals surface area contributed by atoms with Crippen molar-refractivity contribution in [1.82, 2.24) is 9.88 Å². The Kier molecular flexibility index (Phi) is 12.1. The molecule has 1 aromatic heterocycles. The second-order valence-electron chi connectivity index (χ2n) is 11.8. The fraction of sp³-hybridized carbons (Fsp3) is 0.324. The van der Waals surface area contributed by atoms with Crippen LogP contribution in [0.15, 0.2) is 72.8 Å². The number of benzene rings is 3. The Balaban J connectivity index is 1.83. The lowest BCUT2D eigenvalue weighted by Gasteiger charge is -2.20. The number of methoxy groups -OCH3 is 2. The van der Waals surface area contributed by atoms with Crippen LogP contribution < -0.4 is 10.1 Å². The molecule has 0 aliphatic carbocycles. The summed E-state index contributed by atoms with van der Waals surface area (Å²) >= 11 is 0. The lowest BCUT2D eigenvalue weighted by molar-refractivity contribution is -0.139. The third-order valence-electron chi connectivity index (χ3n) is 8.02. The van der Waals surface area contributed by atoms with E-state index in [1.54, 1.807) is 30.3 Å². The number of carbonyl (C=O) groups excluding carboxylic acids is 2. The van der Waals surface area contributed by atoms with E-state index in [1.165, 1.54) is 26.4 Å². The number of aliphatic carboxylic acids is 1. The van der Waals surface area contributed by atoms with Crippen LogP contribution in [0.25, 0.3) is 22.3 Å². The molecule has 254 valence electrons. The molecule has 11 heteroatoms. The number of carbonyl (C=O) groups is 3. The maximum absolute atomic E-state index is 14.3. The van der Waals surface area contributed by atoms with Crippen LogP contribution in [-0.4, -0.2) is 64.2 Å². The van der Waals surface area contributed by atoms with Crippen molar-refractivity contribution in [2.45, 2.75) is 64.3 Å². The van der Waals surface area contributed by atoms with Gasteiger partial charge in [0.2, 0.25) is 0 Å². The molecule has 0 aliphatic heterocycles. The van der Waals surface area contributed by atoms with Gasteiger partial charge in [-0.2, -0.15) is 0 Å². The van der Waals surface area contributed by atoms with E-state index in [1.807, 2.05) is 48.7 Å². The highest BCUT2D eigenvalue weighted by Gasteiger charge is 2.30. The second kappa shape index (κ2) is 16.2. The van der Waals surface area contributed by atoms with Crippen LogP contribution in [0, 0.1) is 5.82 Å². The molecule has 4 aromatic rings. The number of hydrogen-bond donors (Lipinski definition) is 4. The van der Waals surface area contributed by atoms with Gasteiger partial charge >= 0.3 is 11.9 Å². The molecule has 1 amide bonds. The van der Waals surface area contributed by atoms with Gasteiger partial charge in [0.15, 0.2) is 0 Å². The minimum atomic E-state index is -1.22. The Labute approximate surface area is 278 Å². The van der Waals surface area contributed by atoms with Gasteiger partial charge in [-0.1, -0.05) is 48.5 Å². The molecule has 0 fully saturated rings. The number of rotatable bonds is 15. The van der Waals surface area contributed by atoms with Crippen LogP contribution in [0.4, 0.5) is 4.39 Å². The van der Waals surface area contributed by atoms with Gasteiger partial charge in [0.05, 0.1) is 32.8 Å². The number of aromatic nitrogens is 1. The van der Waals surface area contributed by atoms with Crippen LogP contribution in [-0.2, 0) is 22.5 Å². The summed E-state index contributed by atoms with van der Waals surface area (Å²) in [5.74, 6) is -2.22. The molecule has 0 saturated heterocycles. The van der Waals surface area contributed by atoms with E-state index in [2.05, 4.69) is 5.32 Å². The molecule has 3 aromatic carbocycles. The largest absolute Gasteiger partial charge is 0.496 e. The number of ether oxygens (including phenoxy) is 2. The number of aliphatic hydroxyl groups excluding tert-OH is 2. The van der Waals surface area contributed by atoms with Crippen molar-refractivity contribution >= 4 is 17.8 Å². The molecule has 0 radical (unpaired) electrons. The Bertz CT molecular complexity index is 1730. The van der Waals surface area contributed by atoms with Gasteiger partial charge in [-0.05, 0) is 74.1 Å². The van der Waals surface area contributed by atoms with E-state index in [-0.39, 0.29) is 37.4 Å². The molecule has 0 saturated carbocycles. The smallest absolute Gasteiger partial charge is 0.341 e. The number of nitrogens with zero attached hydrogens (tertiary/aromatic N) is 1. The van der Waals surface area contributed by atoms with Crippen LogP contribution >= 0.6 is 0 Å². The molecule has 4 N–H and O–H groups in total. The summed E-state index contributed by atoms with van der Waals surface area (Å²) in [5.41, 5.74) is 4.64. The van der Waals surface area contributed by atoms with Crippen molar-refractivity contribution in [3.8, 4) is 28.0 Å². The van der Waals surface area contributed by atoms with Crippen molar-refractivity contribution in [3.63, 3.8) is 0 Å². The number of carboxylic acid groups (broad SMARTS) is 1. The van der Waals surface area contributed by atoms with Crippen molar-refractivity contribution in [1.29, 1.82) is 0 Å². The summed E-state index contributed by atoms with van der Waals surface area (Å²) in [6.07, 6.45) is -2.43. The first-order chi connectivity index (χ1) is 22.9. The topological polar surface area (TPSA) is 147 Å². The predicted molar refractivity (Wildman–Crippen MR) is 178 cm³/mol. The molecule has 0 bridgehead atoms. The predicted octanol–water partition coefficient (Wildman–Crippen LogP) is 5.79. The molecule has 48 heavy (non-hydrogen) atoms. The number of aliphatic hydroxyl groups is 2. The van der Waals surface area contributed by atoms with Crippen molar-refractivity contribution in [3.05, 3.63) is 101 Å². The molecule has 10 nitrogen and oxygen atoms in total. The Hall–Kier alpha value is -5.00. The average molecular weight is 661 g/mol. The zero-order valence-corrected chi connectivity index (χ0v) is 27.4. The van der Waals surface area contributed by atoms with Gasteiger partial charge in [0, 0.05) is 29.4 Å². The molecule has 0 aliphatic rings. The third-order valence-corrected chi connectivity index (χ3v) is 8.02. The molecule has 2 atom stereocenters. The lowest BCUT2D eigenvalue weighted by Crippen LogP contribution is -2.27. The van der Waals surface area contributed by atoms with E-state index in [0.29, 0.717) is 39.4 Å². The summed E-state index contributed by atoms with van der Waals surface area (Å²) < 4.78 is 26.2. The SMILES string of the molecule is COC(=O)c1cc(CNC(=O)c2c(-c3ccccc3)c(-c3ccc(F)cc3)c(CC[C@@H](O)C[C@@H](O)CC(=O)O)n2C(C)C)ccc1OC. The van der Waals surface area contributed by atoms with E-state index < -0.39 is 42.3 Å². The first kappa shape index (κ1) is 35.8. The van der Waals surface area contributed by atoms with Crippen LogP contribution in [0.3, 0.4) is 0 Å². The Morgan fingerprint density at radius 3 is 2.17 bits per heavy atom. The van der Waals surface area contributed by atoms with Gasteiger partial charge in [-0.25, -0.2) is 9.18 Å². The van der Waals surface area contributed by atoms with Gasteiger partial charge < -0.3 is 34.7 Å². The number of amides is 1. The zero-order chi connectivity index (χ0) is 35.0. The van der Waals surface area contributed by atoms with Crippen molar-refractivity contribution in [2.75, 3.05) is 14.2 Å². The third kappa shape index (κ3) is 8.47. The molecule has 0 spiro atoms. The monoisotopic (exact) mass is 660 g/mol. The van der Waals surface area contributed by atoms with E-state index in [9.17, 15) is 29.0 Å². The maximum atomic E-state index is 14.3. The summed E-state index contributed by atoms with van der Waals surface area (Å²) in [7, 11) is 2.72. The standard InChI is InChI=1S/C37H41FN2O8/c1-22(2)40-30(16-15-27(41)19-28(42)20-32(43)44)33(25-11-13-26(38)14-12-25)34(24-8-6-5-7-9-24)35(40)36(45)39-21-23-10-17-31(47-3)29(18-23)37(46)48-4/h5-14,17-18,22,27-28,41-42H,15-16,19-21H2,1-4H3,(H,39,45)(H,43,44)/t27-,28-/m1/s1. The van der Waals surface area contributed by atoms with Crippen molar-refractivity contribution < 1.29 is 43.6 Å². The van der Waals surface area contributed by atoms with Crippen LogP contribution in [0.5, 0.6) is 5.75 Å². The Morgan fingerprint density at radius 2 is 1.56 bits per heavy atom. The highest BCUT2D eigenvalue weighted by molar-refractivity contribution is 6.05. The number of halogens is 1. The molecule has 1 heterocycles. The summed E-state index contributed by atoms with van der Waals surface area (Å²) in [6, 6.07) is 20.1. The normalized spacial score (nSPS) is 12.4. The molecule has 4 rings (SSSR count). The number of esters is 1. The Morgan fingerprint density at radius 1 is 0.896 bits per heavy atom. The maximum Gasteiger partial charge on any atom is 0.341 e.